The van der Waals surface area contributed by atoms with Crippen LogP contribution in [0.15, 0.2) is 82.8 Å². The Kier molecular flexibility index (Phi) is 5.27. The fourth-order valence-electron chi connectivity index (χ4n) is 3.82. The van der Waals surface area contributed by atoms with Crippen molar-refractivity contribution in [1.82, 2.24) is 24.3 Å². The number of methoxy groups -OCH3 is 1. The van der Waals surface area contributed by atoms with Crippen LogP contribution in [-0.4, -0.2) is 31.4 Å². The van der Waals surface area contributed by atoms with Crippen LogP contribution in [-0.2, 0) is 6.54 Å². The van der Waals surface area contributed by atoms with Crippen molar-refractivity contribution < 1.29 is 4.74 Å². The Bertz CT molecular complexity index is 1570. The number of benzene rings is 2. The highest BCUT2D eigenvalue weighted by molar-refractivity contribution is 6.32. The topological polar surface area (TPSA) is 94.8 Å². The molecule has 0 saturated heterocycles. The Morgan fingerprint density at radius 1 is 1.06 bits per heavy atom. The van der Waals surface area contributed by atoms with Crippen molar-refractivity contribution in [2.45, 2.75) is 6.54 Å². The highest BCUT2D eigenvalue weighted by Crippen LogP contribution is 2.28. The average Bonchev–Trinajstić information content (AvgIpc) is 3.16. The third kappa shape index (κ3) is 3.70. The van der Waals surface area contributed by atoms with Crippen LogP contribution in [0.1, 0.15) is 5.69 Å². The highest BCUT2D eigenvalue weighted by Gasteiger charge is 2.20. The van der Waals surface area contributed by atoms with Gasteiger partial charge >= 0.3 is 0 Å². The number of rotatable bonds is 5. The maximum absolute atomic E-state index is 13.6. The van der Waals surface area contributed by atoms with Crippen LogP contribution in [0.25, 0.3) is 27.8 Å². The summed E-state index contributed by atoms with van der Waals surface area (Å²) in [6.45, 7) is 0.153. The molecular weight excluding hydrogens is 442 g/mol. The Hall–Kier alpha value is -4.17. The Labute approximate surface area is 192 Å². The number of halogens is 1. The first-order chi connectivity index (χ1) is 16.1. The van der Waals surface area contributed by atoms with Crippen LogP contribution in [0.4, 0.5) is 0 Å². The Morgan fingerprint density at radius 2 is 1.85 bits per heavy atom. The molecule has 9 heteroatoms. The number of hydrogen-bond acceptors (Lipinski definition) is 5. The second-order valence-electron chi connectivity index (χ2n) is 7.34. The SMILES string of the molecule is COc1ccc(-c2c3c(=O)n(-c4ccccc4Cl)[nH]c3cc(=O)n2Cc2cnccn2)cc1. The molecule has 0 spiro atoms. The summed E-state index contributed by atoms with van der Waals surface area (Å²) in [5.74, 6) is 0.663. The number of para-hydroxylation sites is 1. The molecule has 2 aromatic carbocycles. The van der Waals surface area contributed by atoms with Gasteiger partial charge in [0.05, 0.1) is 52.9 Å². The molecule has 5 aromatic rings. The first-order valence-corrected chi connectivity index (χ1v) is 10.5. The van der Waals surface area contributed by atoms with E-state index < -0.39 is 0 Å². The minimum atomic E-state index is -0.322. The first kappa shape index (κ1) is 20.7. The molecule has 164 valence electrons. The molecule has 0 amide bonds. The largest absolute Gasteiger partial charge is 0.497 e. The lowest BCUT2D eigenvalue weighted by molar-refractivity contribution is 0.415. The minimum Gasteiger partial charge on any atom is -0.497 e. The molecule has 0 aliphatic heterocycles. The monoisotopic (exact) mass is 459 g/mol. The lowest BCUT2D eigenvalue weighted by atomic mass is 10.1. The number of ether oxygens (including phenoxy) is 1. The Morgan fingerprint density at radius 3 is 2.55 bits per heavy atom. The summed E-state index contributed by atoms with van der Waals surface area (Å²) in [5.41, 5.74) is 2.04. The predicted octanol–water partition coefficient (Wildman–Crippen LogP) is 3.65. The highest BCUT2D eigenvalue weighted by atomic mass is 35.5. The van der Waals surface area contributed by atoms with Crippen molar-refractivity contribution >= 4 is 22.5 Å². The summed E-state index contributed by atoms with van der Waals surface area (Å²) >= 11 is 6.34. The third-order valence-electron chi connectivity index (χ3n) is 5.35. The van der Waals surface area contributed by atoms with E-state index in [0.29, 0.717) is 44.3 Å². The lowest BCUT2D eigenvalue weighted by Gasteiger charge is -2.14. The molecule has 0 fully saturated rings. The van der Waals surface area contributed by atoms with Crippen LogP contribution in [0.3, 0.4) is 0 Å². The molecule has 0 aliphatic carbocycles. The molecule has 0 atom stereocenters. The predicted molar refractivity (Wildman–Crippen MR) is 126 cm³/mol. The second-order valence-corrected chi connectivity index (χ2v) is 7.74. The third-order valence-corrected chi connectivity index (χ3v) is 5.67. The van der Waals surface area contributed by atoms with E-state index in [2.05, 4.69) is 15.1 Å². The van der Waals surface area contributed by atoms with Gasteiger partial charge in [-0.15, -0.1) is 0 Å². The van der Waals surface area contributed by atoms with Gasteiger partial charge in [0.2, 0.25) is 0 Å². The van der Waals surface area contributed by atoms with E-state index >= 15 is 0 Å². The maximum Gasteiger partial charge on any atom is 0.281 e. The lowest BCUT2D eigenvalue weighted by Crippen LogP contribution is -2.24. The number of pyridine rings is 1. The van der Waals surface area contributed by atoms with Crippen LogP contribution >= 0.6 is 11.6 Å². The summed E-state index contributed by atoms with van der Waals surface area (Å²) in [6, 6.07) is 15.6. The van der Waals surface area contributed by atoms with Crippen molar-refractivity contribution in [3.8, 4) is 22.7 Å². The van der Waals surface area contributed by atoms with Crippen molar-refractivity contribution in [3.63, 3.8) is 0 Å². The molecule has 3 aromatic heterocycles. The van der Waals surface area contributed by atoms with Gasteiger partial charge in [-0.2, -0.15) is 0 Å². The summed E-state index contributed by atoms with van der Waals surface area (Å²) in [4.78, 5) is 35.2. The summed E-state index contributed by atoms with van der Waals surface area (Å²) in [6.07, 6.45) is 4.72. The average molecular weight is 460 g/mol. The van der Waals surface area contributed by atoms with Gasteiger partial charge in [-0.25, -0.2) is 4.68 Å². The molecule has 33 heavy (non-hydrogen) atoms. The second kappa shape index (κ2) is 8.40. The zero-order valence-corrected chi connectivity index (χ0v) is 18.3. The molecule has 8 nitrogen and oxygen atoms in total. The van der Waals surface area contributed by atoms with Gasteiger partial charge in [0.1, 0.15) is 5.75 Å². The summed E-state index contributed by atoms with van der Waals surface area (Å²) in [5, 5.41) is 3.81. The quantitative estimate of drug-likeness (QED) is 0.433. The molecule has 0 radical (unpaired) electrons. The maximum atomic E-state index is 13.6. The fourth-order valence-corrected chi connectivity index (χ4v) is 4.04. The number of aromatic nitrogens is 5. The smallest absolute Gasteiger partial charge is 0.281 e. The Balaban J connectivity index is 1.83. The van der Waals surface area contributed by atoms with E-state index in [4.69, 9.17) is 16.3 Å². The van der Waals surface area contributed by atoms with Crippen molar-refractivity contribution in [2.24, 2.45) is 0 Å². The van der Waals surface area contributed by atoms with Gasteiger partial charge in [-0.1, -0.05) is 23.7 Å². The van der Waals surface area contributed by atoms with E-state index in [1.54, 1.807) is 62.1 Å². The number of nitrogens with zero attached hydrogens (tertiary/aromatic N) is 4. The van der Waals surface area contributed by atoms with E-state index in [1.807, 2.05) is 12.1 Å². The van der Waals surface area contributed by atoms with Gasteiger partial charge in [-0.3, -0.25) is 24.7 Å². The van der Waals surface area contributed by atoms with Crippen LogP contribution < -0.4 is 15.9 Å². The fraction of sp³-hybridized carbons (Fsp3) is 0.0833. The van der Waals surface area contributed by atoms with Gasteiger partial charge in [0.15, 0.2) is 0 Å². The van der Waals surface area contributed by atoms with E-state index in [-0.39, 0.29) is 17.7 Å². The minimum absolute atomic E-state index is 0.153. The van der Waals surface area contributed by atoms with Crippen LogP contribution in [0, 0.1) is 0 Å². The standard InChI is InChI=1S/C24H18ClN5O3/c1-33-17-8-6-15(7-9-17)23-22-19(12-21(31)29(23)14-16-13-26-10-11-27-16)28-30(24(22)32)20-5-3-2-4-18(20)25/h2-13,28H,14H2,1H3. The van der Waals surface area contributed by atoms with Gasteiger partial charge < -0.3 is 9.30 Å². The summed E-state index contributed by atoms with van der Waals surface area (Å²) < 4.78 is 8.15. The normalized spacial score (nSPS) is 11.1. The molecule has 0 bridgehead atoms. The number of fused-ring (bicyclic) bond motifs is 1. The van der Waals surface area contributed by atoms with Gasteiger partial charge in [0.25, 0.3) is 11.1 Å². The van der Waals surface area contributed by atoms with E-state index in [1.165, 1.54) is 15.3 Å². The molecule has 1 N–H and O–H groups in total. The molecule has 0 aliphatic rings. The number of hydrogen-bond donors (Lipinski definition) is 1. The van der Waals surface area contributed by atoms with Crippen LogP contribution in [0.5, 0.6) is 5.75 Å². The van der Waals surface area contributed by atoms with E-state index in [0.717, 1.165) is 0 Å². The van der Waals surface area contributed by atoms with E-state index in [9.17, 15) is 9.59 Å². The summed E-state index contributed by atoms with van der Waals surface area (Å²) in [7, 11) is 1.58. The van der Waals surface area contributed by atoms with Crippen LogP contribution in [0.2, 0.25) is 5.02 Å². The number of aromatic amines is 1. The van der Waals surface area contributed by atoms with Crippen molar-refractivity contribution in [1.29, 1.82) is 0 Å². The molecule has 0 saturated carbocycles. The molecule has 3 heterocycles. The molecule has 0 unspecified atom stereocenters. The molecule has 5 rings (SSSR count). The van der Waals surface area contributed by atoms with Gasteiger partial charge in [0, 0.05) is 18.5 Å². The number of H-pyrrole nitrogens is 1. The zero-order chi connectivity index (χ0) is 22.9. The van der Waals surface area contributed by atoms with Crippen molar-refractivity contribution in [2.75, 3.05) is 7.11 Å². The number of nitrogens with one attached hydrogen (secondary N) is 1. The van der Waals surface area contributed by atoms with Crippen molar-refractivity contribution in [3.05, 3.63) is 105 Å². The molecular formula is C24H18ClN5O3. The zero-order valence-electron chi connectivity index (χ0n) is 17.5. The first-order valence-electron chi connectivity index (χ1n) is 10.1. The van der Waals surface area contributed by atoms with Gasteiger partial charge in [-0.05, 0) is 42.0 Å².